The van der Waals surface area contributed by atoms with Crippen LogP contribution in [0.15, 0.2) is 16.9 Å². The zero-order valence-electron chi connectivity index (χ0n) is 8.09. The first-order valence-electron chi connectivity index (χ1n) is 4.74. The van der Waals surface area contributed by atoms with Crippen molar-refractivity contribution < 1.29 is 9.90 Å². The average molecular weight is 283 g/mol. The molecular formula is C9H7BrN4O2. The summed E-state index contributed by atoms with van der Waals surface area (Å²) in [6, 6.07) is 0. The van der Waals surface area contributed by atoms with Gasteiger partial charge in [0.25, 0.3) is 5.78 Å². The van der Waals surface area contributed by atoms with Gasteiger partial charge in [0.1, 0.15) is 5.41 Å². The number of nitrogens with zero attached hydrogens (tertiary/aromatic N) is 4. The summed E-state index contributed by atoms with van der Waals surface area (Å²) in [5.74, 6) is -0.0844. The first-order valence-corrected chi connectivity index (χ1v) is 5.53. The molecule has 0 aromatic carbocycles. The number of halogens is 1. The summed E-state index contributed by atoms with van der Waals surface area (Å²) in [7, 11) is 0. The van der Waals surface area contributed by atoms with Crippen LogP contribution in [0.3, 0.4) is 0 Å². The lowest BCUT2D eigenvalue weighted by Gasteiger charge is -2.01. The lowest BCUT2D eigenvalue weighted by atomic mass is 10.1. The number of hydrogen-bond donors (Lipinski definition) is 1. The Labute approximate surface area is 98.5 Å². The summed E-state index contributed by atoms with van der Waals surface area (Å²) < 4.78 is 2.26. The van der Waals surface area contributed by atoms with Gasteiger partial charge in [-0.25, -0.2) is 9.50 Å². The molecule has 0 bridgehead atoms. The second kappa shape index (κ2) is 3.00. The van der Waals surface area contributed by atoms with Crippen LogP contribution in [-0.4, -0.2) is 30.7 Å². The number of fused-ring (bicyclic) bond motifs is 1. The van der Waals surface area contributed by atoms with Crippen molar-refractivity contribution in [2.45, 2.75) is 18.3 Å². The van der Waals surface area contributed by atoms with Crippen LogP contribution in [-0.2, 0) is 10.2 Å². The lowest BCUT2D eigenvalue weighted by molar-refractivity contribution is -0.140. The van der Waals surface area contributed by atoms with Crippen LogP contribution in [0.5, 0.6) is 0 Å². The third-order valence-corrected chi connectivity index (χ3v) is 3.16. The molecule has 0 unspecified atom stereocenters. The summed E-state index contributed by atoms with van der Waals surface area (Å²) in [6.45, 7) is 0. The molecule has 0 aliphatic heterocycles. The van der Waals surface area contributed by atoms with E-state index in [4.69, 9.17) is 5.11 Å². The highest BCUT2D eigenvalue weighted by atomic mass is 79.9. The van der Waals surface area contributed by atoms with Crippen LogP contribution in [0.4, 0.5) is 0 Å². The predicted molar refractivity (Wildman–Crippen MR) is 57.0 cm³/mol. The molecule has 16 heavy (non-hydrogen) atoms. The minimum atomic E-state index is -0.875. The molecular weight excluding hydrogens is 276 g/mol. The Kier molecular flexibility index (Phi) is 1.82. The van der Waals surface area contributed by atoms with Gasteiger partial charge in [0, 0.05) is 12.4 Å². The number of carboxylic acid groups (broad SMARTS) is 1. The Morgan fingerprint density at radius 1 is 1.56 bits per heavy atom. The van der Waals surface area contributed by atoms with E-state index in [-0.39, 0.29) is 0 Å². The van der Waals surface area contributed by atoms with Crippen molar-refractivity contribution in [1.29, 1.82) is 0 Å². The number of carboxylic acids is 1. The van der Waals surface area contributed by atoms with E-state index in [0.717, 1.165) is 4.47 Å². The van der Waals surface area contributed by atoms with E-state index >= 15 is 0 Å². The van der Waals surface area contributed by atoms with E-state index in [0.29, 0.717) is 24.4 Å². The van der Waals surface area contributed by atoms with Crippen LogP contribution in [0.25, 0.3) is 5.78 Å². The SMILES string of the molecule is O=C(O)C1(c2nc3ncc(Br)cn3n2)CC1. The minimum absolute atomic E-state index is 0.352. The Morgan fingerprint density at radius 3 is 2.94 bits per heavy atom. The maximum Gasteiger partial charge on any atom is 0.317 e. The first-order chi connectivity index (χ1) is 7.62. The predicted octanol–water partition coefficient (Wildman–Crippen LogP) is 1.00. The molecule has 2 aromatic heterocycles. The molecule has 0 saturated heterocycles. The van der Waals surface area contributed by atoms with E-state index in [1.54, 1.807) is 12.4 Å². The molecule has 0 radical (unpaired) electrons. The van der Waals surface area contributed by atoms with Gasteiger partial charge in [-0.1, -0.05) is 0 Å². The molecule has 0 spiro atoms. The van der Waals surface area contributed by atoms with Gasteiger partial charge in [0.05, 0.1) is 4.47 Å². The Hall–Kier alpha value is -1.50. The molecule has 0 amide bonds. The first kappa shape index (κ1) is 9.71. The van der Waals surface area contributed by atoms with Gasteiger partial charge in [-0.05, 0) is 28.8 Å². The summed E-state index contributed by atoms with van der Waals surface area (Å²) in [6.07, 6.45) is 4.51. The van der Waals surface area contributed by atoms with Crippen molar-refractivity contribution in [3.05, 3.63) is 22.7 Å². The molecule has 6 nitrogen and oxygen atoms in total. The highest BCUT2D eigenvalue weighted by Crippen LogP contribution is 2.46. The van der Waals surface area contributed by atoms with Crippen molar-refractivity contribution in [3.8, 4) is 0 Å². The maximum atomic E-state index is 11.1. The lowest BCUT2D eigenvalue weighted by Crippen LogP contribution is -2.21. The summed E-state index contributed by atoms with van der Waals surface area (Å²) >= 11 is 3.27. The molecule has 7 heteroatoms. The fraction of sp³-hybridized carbons (Fsp3) is 0.333. The smallest absolute Gasteiger partial charge is 0.317 e. The Bertz CT molecular complexity index is 590. The fourth-order valence-corrected chi connectivity index (χ4v) is 1.92. The van der Waals surface area contributed by atoms with Crippen LogP contribution >= 0.6 is 15.9 Å². The van der Waals surface area contributed by atoms with E-state index in [9.17, 15) is 4.79 Å². The van der Waals surface area contributed by atoms with Gasteiger partial charge in [0.15, 0.2) is 5.82 Å². The second-order valence-electron chi connectivity index (χ2n) is 3.84. The van der Waals surface area contributed by atoms with Gasteiger partial charge < -0.3 is 5.11 Å². The third kappa shape index (κ3) is 1.24. The zero-order chi connectivity index (χ0) is 11.3. The number of aliphatic carboxylic acids is 1. The molecule has 3 rings (SSSR count). The molecule has 1 aliphatic carbocycles. The van der Waals surface area contributed by atoms with Gasteiger partial charge >= 0.3 is 5.97 Å². The molecule has 1 N–H and O–H groups in total. The van der Waals surface area contributed by atoms with E-state index < -0.39 is 11.4 Å². The molecule has 1 fully saturated rings. The monoisotopic (exact) mass is 282 g/mol. The molecule has 1 aliphatic rings. The summed E-state index contributed by atoms with van der Waals surface area (Å²) in [5, 5.41) is 13.3. The number of hydrogen-bond acceptors (Lipinski definition) is 4. The third-order valence-electron chi connectivity index (χ3n) is 2.75. The second-order valence-corrected chi connectivity index (χ2v) is 4.76. The van der Waals surface area contributed by atoms with Crippen LogP contribution < -0.4 is 0 Å². The van der Waals surface area contributed by atoms with Crippen molar-refractivity contribution in [2.24, 2.45) is 0 Å². The normalized spacial score (nSPS) is 17.6. The van der Waals surface area contributed by atoms with Crippen LogP contribution in [0.1, 0.15) is 18.7 Å². The highest BCUT2D eigenvalue weighted by molar-refractivity contribution is 9.10. The van der Waals surface area contributed by atoms with Gasteiger partial charge in [0.2, 0.25) is 0 Å². The van der Waals surface area contributed by atoms with E-state index in [1.807, 2.05) is 0 Å². The molecule has 2 aromatic rings. The molecule has 2 heterocycles. The Morgan fingerprint density at radius 2 is 2.31 bits per heavy atom. The van der Waals surface area contributed by atoms with Crippen molar-refractivity contribution in [3.63, 3.8) is 0 Å². The number of rotatable bonds is 2. The van der Waals surface area contributed by atoms with E-state index in [2.05, 4.69) is 31.0 Å². The van der Waals surface area contributed by atoms with Crippen molar-refractivity contribution >= 4 is 27.7 Å². The van der Waals surface area contributed by atoms with Gasteiger partial charge in [-0.15, -0.1) is 5.10 Å². The molecule has 0 atom stereocenters. The molecule has 1 saturated carbocycles. The summed E-state index contributed by atoms with van der Waals surface area (Å²) in [4.78, 5) is 19.3. The highest BCUT2D eigenvalue weighted by Gasteiger charge is 2.55. The standard InChI is InChI=1S/C9H7BrN4O2/c10-5-3-11-8-12-6(13-14(8)4-5)9(1-2-9)7(15)16/h3-4H,1-2H2,(H,15,16). The topological polar surface area (TPSA) is 80.4 Å². The van der Waals surface area contributed by atoms with Gasteiger partial charge in [-0.2, -0.15) is 4.98 Å². The average Bonchev–Trinajstić information content (AvgIpc) is 2.94. The largest absolute Gasteiger partial charge is 0.480 e. The van der Waals surface area contributed by atoms with Gasteiger partial charge in [-0.3, -0.25) is 4.79 Å². The summed E-state index contributed by atoms with van der Waals surface area (Å²) in [5.41, 5.74) is -0.875. The molecule has 82 valence electrons. The van der Waals surface area contributed by atoms with Crippen LogP contribution in [0.2, 0.25) is 0 Å². The van der Waals surface area contributed by atoms with Crippen molar-refractivity contribution in [2.75, 3.05) is 0 Å². The Balaban J connectivity index is 2.16. The maximum absolute atomic E-state index is 11.1. The van der Waals surface area contributed by atoms with Crippen molar-refractivity contribution in [1.82, 2.24) is 19.6 Å². The van der Waals surface area contributed by atoms with Crippen LogP contribution in [0, 0.1) is 0 Å². The number of aromatic nitrogens is 4. The van der Waals surface area contributed by atoms with E-state index in [1.165, 1.54) is 4.52 Å². The minimum Gasteiger partial charge on any atom is -0.480 e. The number of carbonyl (C=O) groups is 1. The fourth-order valence-electron chi connectivity index (χ4n) is 1.62. The zero-order valence-corrected chi connectivity index (χ0v) is 9.68. The quantitative estimate of drug-likeness (QED) is 0.889.